The normalized spacial score (nSPS) is 10.8. The number of rotatable bonds is 3. The summed E-state index contributed by atoms with van der Waals surface area (Å²) in [5.41, 5.74) is 2.54. The fourth-order valence-corrected chi connectivity index (χ4v) is 3.08. The van der Waals surface area contributed by atoms with Gasteiger partial charge in [0.2, 0.25) is 0 Å². The number of nitrogens with one attached hydrogen (secondary N) is 1. The summed E-state index contributed by atoms with van der Waals surface area (Å²) in [6.45, 7) is 3.73. The van der Waals surface area contributed by atoms with Gasteiger partial charge in [-0.25, -0.2) is 14.8 Å². The van der Waals surface area contributed by atoms with E-state index in [0.29, 0.717) is 16.2 Å². The Balaban J connectivity index is 2.15. The maximum atomic E-state index is 11.2. The number of aromatic carboxylic acids is 1. The third-order valence-electron chi connectivity index (χ3n) is 3.21. The molecule has 0 aliphatic heterocycles. The van der Waals surface area contributed by atoms with E-state index in [9.17, 15) is 9.90 Å². The Morgan fingerprint density at radius 1 is 1.33 bits per heavy atom. The molecule has 106 valence electrons. The molecule has 0 bridgehead atoms. The molecule has 0 aromatic carbocycles. The predicted octanol–water partition coefficient (Wildman–Crippen LogP) is 3.14. The molecule has 0 aliphatic rings. The number of aryl methyl sites for hydroxylation is 2. The Labute approximate surface area is 124 Å². The molecular formula is C14H12N4O2S. The van der Waals surface area contributed by atoms with Crippen molar-refractivity contribution in [2.24, 2.45) is 0 Å². The number of pyridine rings is 1. The average Bonchev–Trinajstić information content (AvgIpc) is 2.80. The van der Waals surface area contributed by atoms with Crippen LogP contribution in [0.4, 0.5) is 11.5 Å². The highest BCUT2D eigenvalue weighted by Crippen LogP contribution is 2.34. The van der Waals surface area contributed by atoms with Crippen molar-refractivity contribution in [1.29, 1.82) is 0 Å². The second-order valence-corrected chi connectivity index (χ2v) is 5.58. The van der Waals surface area contributed by atoms with Crippen LogP contribution in [0.25, 0.3) is 10.2 Å². The van der Waals surface area contributed by atoms with Crippen LogP contribution in [0.3, 0.4) is 0 Å². The summed E-state index contributed by atoms with van der Waals surface area (Å²) >= 11 is 1.15. The second-order valence-electron chi connectivity index (χ2n) is 4.58. The monoisotopic (exact) mass is 300 g/mol. The van der Waals surface area contributed by atoms with Crippen molar-refractivity contribution >= 4 is 39.0 Å². The fourth-order valence-electron chi connectivity index (χ4n) is 2.09. The number of carboxylic acid groups (broad SMARTS) is 1. The van der Waals surface area contributed by atoms with Crippen molar-refractivity contribution in [3.63, 3.8) is 0 Å². The molecule has 6 nitrogen and oxygen atoms in total. The van der Waals surface area contributed by atoms with E-state index in [1.165, 1.54) is 6.33 Å². The van der Waals surface area contributed by atoms with Gasteiger partial charge in [0.15, 0.2) is 0 Å². The molecule has 2 N–H and O–H groups in total. The maximum Gasteiger partial charge on any atom is 0.346 e. The highest BCUT2D eigenvalue weighted by atomic mass is 32.1. The van der Waals surface area contributed by atoms with Crippen LogP contribution in [0, 0.1) is 13.8 Å². The summed E-state index contributed by atoms with van der Waals surface area (Å²) in [7, 11) is 0. The van der Waals surface area contributed by atoms with Gasteiger partial charge < -0.3 is 10.4 Å². The van der Waals surface area contributed by atoms with E-state index >= 15 is 0 Å². The molecule has 0 saturated heterocycles. The number of fused-ring (bicyclic) bond motifs is 1. The zero-order valence-corrected chi connectivity index (χ0v) is 12.2. The van der Waals surface area contributed by atoms with Gasteiger partial charge in [-0.1, -0.05) is 0 Å². The third-order valence-corrected chi connectivity index (χ3v) is 4.40. The van der Waals surface area contributed by atoms with Gasteiger partial charge in [0, 0.05) is 6.20 Å². The minimum absolute atomic E-state index is 0.288. The Morgan fingerprint density at radius 3 is 2.86 bits per heavy atom. The molecule has 0 atom stereocenters. The average molecular weight is 300 g/mol. The van der Waals surface area contributed by atoms with E-state index in [4.69, 9.17) is 0 Å². The van der Waals surface area contributed by atoms with Gasteiger partial charge in [-0.15, -0.1) is 11.3 Å². The number of hydrogen-bond donors (Lipinski definition) is 2. The Kier molecular flexibility index (Phi) is 3.26. The third kappa shape index (κ3) is 2.31. The molecule has 3 aromatic rings. The number of nitrogens with zero attached hydrogens (tertiary/aromatic N) is 3. The molecule has 3 rings (SSSR count). The number of anilines is 2. The number of hydrogen-bond acceptors (Lipinski definition) is 6. The molecule has 21 heavy (non-hydrogen) atoms. The number of carboxylic acids is 1. The first kappa shape index (κ1) is 13.4. The summed E-state index contributed by atoms with van der Waals surface area (Å²) in [4.78, 5) is 24.7. The molecule has 0 fully saturated rings. The lowest BCUT2D eigenvalue weighted by Crippen LogP contribution is -1.98. The predicted molar refractivity (Wildman–Crippen MR) is 81.4 cm³/mol. The van der Waals surface area contributed by atoms with Gasteiger partial charge in [0.1, 0.15) is 21.9 Å². The largest absolute Gasteiger partial charge is 0.477 e. The van der Waals surface area contributed by atoms with E-state index in [0.717, 1.165) is 28.0 Å². The van der Waals surface area contributed by atoms with Crippen LogP contribution in [-0.4, -0.2) is 26.0 Å². The van der Waals surface area contributed by atoms with Crippen molar-refractivity contribution < 1.29 is 9.90 Å². The van der Waals surface area contributed by atoms with E-state index in [-0.39, 0.29) is 4.88 Å². The molecule has 0 radical (unpaired) electrons. The van der Waals surface area contributed by atoms with Gasteiger partial charge in [0.25, 0.3) is 0 Å². The minimum Gasteiger partial charge on any atom is -0.477 e. The summed E-state index contributed by atoms with van der Waals surface area (Å²) in [6.07, 6.45) is 4.86. The summed E-state index contributed by atoms with van der Waals surface area (Å²) in [6, 6.07) is 1.89. The Hall–Kier alpha value is -2.54. The summed E-state index contributed by atoms with van der Waals surface area (Å²) in [5.74, 6) is -0.351. The fraction of sp³-hybridized carbons (Fsp3) is 0.143. The lowest BCUT2D eigenvalue weighted by molar-refractivity contribution is 0.0701. The topological polar surface area (TPSA) is 88.0 Å². The molecule has 0 amide bonds. The number of thiophene rings is 1. The molecule has 0 aliphatic carbocycles. The smallest absolute Gasteiger partial charge is 0.346 e. The SMILES string of the molecule is Cc1ccncc1Nc1ncnc2sc(C(=O)O)c(C)c12. The van der Waals surface area contributed by atoms with Crippen molar-refractivity contribution in [3.05, 3.63) is 40.8 Å². The van der Waals surface area contributed by atoms with Gasteiger partial charge in [0.05, 0.1) is 17.3 Å². The number of aromatic nitrogens is 3. The van der Waals surface area contributed by atoms with Crippen LogP contribution < -0.4 is 5.32 Å². The van der Waals surface area contributed by atoms with Crippen LogP contribution in [-0.2, 0) is 0 Å². The minimum atomic E-state index is -0.945. The lowest BCUT2D eigenvalue weighted by atomic mass is 10.2. The Morgan fingerprint density at radius 2 is 2.14 bits per heavy atom. The van der Waals surface area contributed by atoms with Crippen LogP contribution >= 0.6 is 11.3 Å². The van der Waals surface area contributed by atoms with Crippen LogP contribution in [0.15, 0.2) is 24.8 Å². The first-order valence-electron chi connectivity index (χ1n) is 6.23. The van der Waals surface area contributed by atoms with Crippen molar-refractivity contribution in [3.8, 4) is 0 Å². The molecule has 0 spiro atoms. The second kappa shape index (κ2) is 5.10. The molecule has 0 unspecified atom stereocenters. The van der Waals surface area contributed by atoms with Gasteiger partial charge in [-0.3, -0.25) is 4.98 Å². The molecule has 0 saturated carbocycles. The molecule has 7 heteroatoms. The van der Waals surface area contributed by atoms with E-state index in [1.807, 2.05) is 13.0 Å². The summed E-state index contributed by atoms with van der Waals surface area (Å²) < 4.78 is 0. The van der Waals surface area contributed by atoms with Crippen molar-refractivity contribution in [2.45, 2.75) is 13.8 Å². The van der Waals surface area contributed by atoms with Gasteiger partial charge in [-0.05, 0) is 31.0 Å². The van der Waals surface area contributed by atoms with Gasteiger partial charge in [-0.2, -0.15) is 0 Å². The number of carbonyl (C=O) groups is 1. The van der Waals surface area contributed by atoms with Crippen molar-refractivity contribution in [2.75, 3.05) is 5.32 Å². The van der Waals surface area contributed by atoms with Gasteiger partial charge >= 0.3 is 5.97 Å². The van der Waals surface area contributed by atoms with E-state index < -0.39 is 5.97 Å². The lowest BCUT2D eigenvalue weighted by Gasteiger charge is -2.09. The van der Waals surface area contributed by atoms with Crippen molar-refractivity contribution in [1.82, 2.24) is 15.0 Å². The van der Waals surface area contributed by atoms with Crippen LogP contribution in [0.2, 0.25) is 0 Å². The first-order chi connectivity index (χ1) is 10.1. The maximum absolute atomic E-state index is 11.2. The molecule has 3 heterocycles. The van der Waals surface area contributed by atoms with E-state index in [2.05, 4.69) is 20.3 Å². The molecular weight excluding hydrogens is 288 g/mol. The standard InChI is InChI=1S/C14H12N4O2S/c1-7-3-4-15-5-9(7)18-12-10-8(2)11(14(19)20)21-13(10)17-6-16-12/h3-6H,1-2H3,(H,19,20)(H,16,17,18). The zero-order valence-electron chi connectivity index (χ0n) is 11.4. The highest BCUT2D eigenvalue weighted by molar-refractivity contribution is 7.20. The quantitative estimate of drug-likeness (QED) is 0.772. The summed E-state index contributed by atoms with van der Waals surface area (Å²) in [5, 5.41) is 13.2. The molecule has 3 aromatic heterocycles. The Bertz CT molecular complexity index is 844. The van der Waals surface area contributed by atoms with E-state index in [1.54, 1.807) is 19.3 Å². The first-order valence-corrected chi connectivity index (χ1v) is 7.04. The van der Waals surface area contributed by atoms with Crippen LogP contribution in [0.1, 0.15) is 20.8 Å². The highest BCUT2D eigenvalue weighted by Gasteiger charge is 2.18. The zero-order chi connectivity index (χ0) is 15.0. The van der Waals surface area contributed by atoms with Crippen LogP contribution in [0.5, 0.6) is 0 Å².